The number of aryl methyl sites for hydroxylation is 2. The Labute approximate surface area is 115 Å². The molecule has 1 unspecified atom stereocenters. The van der Waals surface area contributed by atoms with Gasteiger partial charge in [0.25, 0.3) is 0 Å². The molecule has 2 N–H and O–H groups in total. The first-order chi connectivity index (χ1) is 9.16. The van der Waals surface area contributed by atoms with E-state index in [1.807, 2.05) is 30.3 Å². The second kappa shape index (κ2) is 6.39. The average Bonchev–Trinajstić information content (AvgIpc) is 2.39. The molecule has 0 amide bonds. The molecule has 0 aliphatic heterocycles. The predicted octanol–water partition coefficient (Wildman–Crippen LogP) is 3.77. The van der Waals surface area contributed by atoms with E-state index in [0.29, 0.717) is 6.61 Å². The largest absolute Gasteiger partial charge is 0.494 e. The van der Waals surface area contributed by atoms with E-state index in [0.717, 1.165) is 12.2 Å². The molecule has 1 atom stereocenters. The minimum absolute atomic E-state index is 0.0333. The molecule has 0 aliphatic carbocycles. The third-order valence-electron chi connectivity index (χ3n) is 3.28. The Morgan fingerprint density at radius 3 is 2.58 bits per heavy atom. The summed E-state index contributed by atoms with van der Waals surface area (Å²) in [5.41, 5.74) is 9.86. The Kier molecular flexibility index (Phi) is 4.58. The zero-order valence-electron chi connectivity index (χ0n) is 11.6. The van der Waals surface area contributed by atoms with E-state index in [-0.39, 0.29) is 6.04 Å². The molecule has 2 rings (SSSR count). The Balaban J connectivity index is 1.88. The molecular weight excluding hydrogens is 234 g/mol. The molecule has 100 valence electrons. The van der Waals surface area contributed by atoms with Crippen molar-refractivity contribution in [3.63, 3.8) is 0 Å². The second-order valence-electron chi connectivity index (χ2n) is 4.92. The summed E-state index contributed by atoms with van der Waals surface area (Å²) in [5.74, 6) is 0.914. The number of nitrogens with two attached hydrogens (primary N) is 1. The highest BCUT2D eigenvalue weighted by molar-refractivity contribution is 5.29. The van der Waals surface area contributed by atoms with E-state index in [9.17, 15) is 0 Å². The zero-order valence-corrected chi connectivity index (χ0v) is 11.6. The average molecular weight is 255 g/mol. The van der Waals surface area contributed by atoms with Crippen molar-refractivity contribution < 1.29 is 4.74 Å². The van der Waals surface area contributed by atoms with Crippen molar-refractivity contribution in [3.8, 4) is 5.75 Å². The van der Waals surface area contributed by atoms with Crippen LogP contribution in [0.5, 0.6) is 5.75 Å². The van der Waals surface area contributed by atoms with Crippen LogP contribution in [0.4, 0.5) is 0 Å². The van der Waals surface area contributed by atoms with E-state index >= 15 is 0 Å². The van der Waals surface area contributed by atoms with Crippen LogP contribution in [0, 0.1) is 13.8 Å². The first-order valence-electron chi connectivity index (χ1n) is 6.67. The molecule has 0 saturated heterocycles. The van der Waals surface area contributed by atoms with Crippen molar-refractivity contribution in [2.75, 3.05) is 6.61 Å². The van der Waals surface area contributed by atoms with Gasteiger partial charge in [0, 0.05) is 12.5 Å². The number of rotatable bonds is 5. The molecule has 0 aromatic heterocycles. The van der Waals surface area contributed by atoms with Gasteiger partial charge in [0.1, 0.15) is 5.75 Å². The van der Waals surface area contributed by atoms with Gasteiger partial charge < -0.3 is 10.5 Å². The molecule has 0 radical (unpaired) electrons. The fourth-order valence-corrected chi connectivity index (χ4v) is 2.17. The van der Waals surface area contributed by atoms with E-state index in [4.69, 9.17) is 10.5 Å². The molecule has 0 aliphatic rings. The van der Waals surface area contributed by atoms with Crippen molar-refractivity contribution in [1.29, 1.82) is 0 Å². The standard InChI is InChI=1S/C17H21NO/c1-13-6-5-8-15(12-13)19-11-10-17(18)16-9-4-3-7-14(16)2/h3-9,12,17H,10-11,18H2,1-2H3. The second-order valence-corrected chi connectivity index (χ2v) is 4.92. The Hall–Kier alpha value is -1.80. The molecule has 19 heavy (non-hydrogen) atoms. The first kappa shape index (κ1) is 13.6. The Morgan fingerprint density at radius 1 is 1.05 bits per heavy atom. The van der Waals surface area contributed by atoms with Gasteiger partial charge in [-0.15, -0.1) is 0 Å². The molecule has 2 aromatic carbocycles. The molecule has 0 spiro atoms. The molecule has 0 saturated carbocycles. The first-order valence-corrected chi connectivity index (χ1v) is 6.67. The third kappa shape index (κ3) is 3.83. The molecule has 2 aromatic rings. The van der Waals surface area contributed by atoms with Crippen molar-refractivity contribution in [2.45, 2.75) is 26.3 Å². The van der Waals surface area contributed by atoms with E-state index < -0.39 is 0 Å². The monoisotopic (exact) mass is 255 g/mol. The summed E-state index contributed by atoms with van der Waals surface area (Å²) in [6.45, 7) is 4.79. The normalized spacial score (nSPS) is 12.2. The van der Waals surface area contributed by atoms with Gasteiger partial charge in [-0.1, -0.05) is 36.4 Å². The van der Waals surface area contributed by atoms with Crippen LogP contribution in [0.2, 0.25) is 0 Å². The van der Waals surface area contributed by atoms with Gasteiger partial charge in [-0.2, -0.15) is 0 Å². The van der Waals surface area contributed by atoms with Crippen LogP contribution in [-0.4, -0.2) is 6.61 Å². The van der Waals surface area contributed by atoms with Crippen LogP contribution < -0.4 is 10.5 Å². The number of ether oxygens (including phenoxy) is 1. The van der Waals surface area contributed by atoms with Crippen LogP contribution >= 0.6 is 0 Å². The molecular formula is C17H21NO. The van der Waals surface area contributed by atoms with Crippen molar-refractivity contribution in [2.24, 2.45) is 5.73 Å². The van der Waals surface area contributed by atoms with E-state index in [1.54, 1.807) is 0 Å². The minimum Gasteiger partial charge on any atom is -0.494 e. The smallest absolute Gasteiger partial charge is 0.119 e. The lowest BCUT2D eigenvalue weighted by Gasteiger charge is -2.15. The zero-order chi connectivity index (χ0) is 13.7. The molecule has 0 fully saturated rings. The Morgan fingerprint density at radius 2 is 1.84 bits per heavy atom. The minimum atomic E-state index is 0.0333. The Bertz CT molecular complexity index is 536. The van der Waals surface area contributed by atoms with Crippen LogP contribution in [0.25, 0.3) is 0 Å². The maximum absolute atomic E-state index is 6.21. The maximum atomic E-state index is 6.21. The van der Waals surface area contributed by atoms with Crippen LogP contribution in [0.3, 0.4) is 0 Å². The van der Waals surface area contributed by atoms with Crippen molar-refractivity contribution in [1.82, 2.24) is 0 Å². The van der Waals surface area contributed by atoms with Gasteiger partial charge in [0.15, 0.2) is 0 Å². The summed E-state index contributed by atoms with van der Waals surface area (Å²) in [6.07, 6.45) is 0.818. The molecule has 0 heterocycles. The van der Waals surface area contributed by atoms with Gasteiger partial charge in [-0.25, -0.2) is 0 Å². The fourth-order valence-electron chi connectivity index (χ4n) is 2.17. The quantitative estimate of drug-likeness (QED) is 0.882. The number of benzene rings is 2. The van der Waals surface area contributed by atoms with E-state index in [2.05, 4.69) is 32.0 Å². The summed E-state index contributed by atoms with van der Waals surface area (Å²) in [6, 6.07) is 16.4. The predicted molar refractivity (Wildman–Crippen MR) is 79.4 cm³/mol. The van der Waals surface area contributed by atoms with Crippen molar-refractivity contribution in [3.05, 3.63) is 65.2 Å². The summed E-state index contributed by atoms with van der Waals surface area (Å²) in [5, 5.41) is 0. The van der Waals surface area contributed by atoms with Crippen LogP contribution in [-0.2, 0) is 0 Å². The summed E-state index contributed by atoms with van der Waals surface area (Å²) in [7, 11) is 0. The van der Waals surface area contributed by atoms with Gasteiger partial charge in [0.05, 0.1) is 6.61 Å². The topological polar surface area (TPSA) is 35.2 Å². The van der Waals surface area contributed by atoms with Crippen molar-refractivity contribution >= 4 is 0 Å². The number of hydrogen-bond acceptors (Lipinski definition) is 2. The highest BCUT2D eigenvalue weighted by atomic mass is 16.5. The van der Waals surface area contributed by atoms with Gasteiger partial charge in [-0.05, 0) is 42.7 Å². The highest BCUT2D eigenvalue weighted by Gasteiger charge is 2.08. The van der Waals surface area contributed by atoms with E-state index in [1.165, 1.54) is 16.7 Å². The molecule has 2 nitrogen and oxygen atoms in total. The van der Waals surface area contributed by atoms with Crippen LogP contribution in [0.1, 0.15) is 29.2 Å². The van der Waals surface area contributed by atoms with Crippen LogP contribution in [0.15, 0.2) is 48.5 Å². The summed E-state index contributed by atoms with van der Waals surface area (Å²) in [4.78, 5) is 0. The molecule has 0 bridgehead atoms. The lowest BCUT2D eigenvalue weighted by atomic mass is 10.00. The number of hydrogen-bond donors (Lipinski definition) is 1. The van der Waals surface area contributed by atoms with Gasteiger partial charge >= 0.3 is 0 Å². The third-order valence-corrected chi connectivity index (χ3v) is 3.28. The van der Waals surface area contributed by atoms with Gasteiger partial charge in [0.2, 0.25) is 0 Å². The summed E-state index contributed by atoms with van der Waals surface area (Å²) >= 11 is 0. The fraction of sp³-hybridized carbons (Fsp3) is 0.294. The SMILES string of the molecule is Cc1cccc(OCCC(N)c2ccccc2C)c1. The lowest BCUT2D eigenvalue weighted by Crippen LogP contribution is -2.15. The van der Waals surface area contributed by atoms with Gasteiger partial charge in [-0.3, -0.25) is 0 Å². The molecule has 2 heteroatoms. The maximum Gasteiger partial charge on any atom is 0.119 e. The lowest BCUT2D eigenvalue weighted by molar-refractivity contribution is 0.298. The highest BCUT2D eigenvalue weighted by Crippen LogP contribution is 2.19. The summed E-state index contributed by atoms with van der Waals surface area (Å²) < 4.78 is 5.74.